The SMILES string of the molecule is CC(O)CN(C)c1ccc([N+](=O)[O-])cc1[N+](=O)[O-]. The summed E-state index contributed by atoms with van der Waals surface area (Å²) in [4.78, 5) is 21.6. The molecule has 18 heavy (non-hydrogen) atoms. The molecule has 0 bridgehead atoms. The van der Waals surface area contributed by atoms with Crippen LogP contribution in [0.3, 0.4) is 0 Å². The molecule has 1 rings (SSSR count). The third kappa shape index (κ3) is 3.14. The van der Waals surface area contributed by atoms with Crippen LogP contribution in [0, 0.1) is 20.2 Å². The van der Waals surface area contributed by atoms with Crippen molar-refractivity contribution in [3.63, 3.8) is 0 Å². The highest BCUT2D eigenvalue weighted by Crippen LogP contribution is 2.31. The van der Waals surface area contributed by atoms with Gasteiger partial charge in [0.25, 0.3) is 11.4 Å². The number of rotatable bonds is 5. The zero-order chi connectivity index (χ0) is 13.9. The average molecular weight is 255 g/mol. The normalized spacial score (nSPS) is 11.9. The van der Waals surface area contributed by atoms with Crippen molar-refractivity contribution in [1.82, 2.24) is 0 Å². The van der Waals surface area contributed by atoms with Gasteiger partial charge in [0.05, 0.1) is 22.0 Å². The lowest BCUT2D eigenvalue weighted by Crippen LogP contribution is -2.27. The van der Waals surface area contributed by atoms with Gasteiger partial charge in [0.15, 0.2) is 0 Å². The van der Waals surface area contributed by atoms with Gasteiger partial charge in [0.2, 0.25) is 0 Å². The van der Waals surface area contributed by atoms with E-state index in [1.807, 2.05) is 0 Å². The molecule has 1 unspecified atom stereocenters. The Labute approximate surface area is 103 Å². The number of nitro groups is 2. The van der Waals surface area contributed by atoms with Crippen LogP contribution in [-0.2, 0) is 0 Å². The minimum Gasteiger partial charge on any atom is -0.392 e. The van der Waals surface area contributed by atoms with Gasteiger partial charge in [-0.05, 0) is 13.0 Å². The zero-order valence-electron chi connectivity index (χ0n) is 9.94. The van der Waals surface area contributed by atoms with E-state index < -0.39 is 16.0 Å². The number of benzene rings is 1. The summed E-state index contributed by atoms with van der Waals surface area (Å²) < 4.78 is 0. The largest absolute Gasteiger partial charge is 0.392 e. The molecule has 1 aromatic rings. The van der Waals surface area contributed by atoms with Crippen molar-refractivity contribution < 1.29 is 15.0 Å². The van der Waals surface area contributed by atoms with Crippen LogP contribution in [-0.4, -0.2) is 34.6 Å². The fourth-order valence-electron chi connectivity index (χ4n) is 1.59. The van der Waals surface area contributed by atoms with E-state index in [0.29, 0.717) is 0 Å². The van der Waals surface area contributed by atoms with Crippen molar-refractivity contribution in [2.24, 2.45) is 0 Å². The second-order valence-electron chi connectivity index (χ2n) is 3.92. The lowest BCUT2D eigenvalue weighted by atomic mass is 10.2. The van der Waals surface area contributed by atoms with Crippen LogP contribution in [0.5, 0.6) is 0 Å². The summed E-state index contributed by atoms with van der Waals surface area (Å²) in [6, 6.07) is 3.41. The first-order valence-corrected chi connectivity index (χ1v) is 5.15. The first-order valence-electron chi connectivity index (χ1n) is 5.15. The fourth-order valence-corrected chi connectivity index (χ4v) is 1.59. The molecular formula is C10H13N3O5. The van der Waals surface area contributed by atoms with E-state index in [9.17, 15) is 25.3 Å². The predicted molar refractivity (Wildman–Crippen MR) is 64.7 cm³/mol. The monoisotopic (exact) mass is 255 g/mol. The number of likely N-dealkylation sites (N-methyl/N-ethyl adjacent to an activating group) is 1. The summed E-state index contributed by atoms with van der Waals surface area (Å²) >= 11 is 0. The molecule has 0 saturated carbocycles. The lowest BCUT2D eigenvalue weighted by Gasteiger charge is -2.20. The van der Waals surface area contributed by atoms with Gasteiger partial charge < -0.3 is 10.0 Å². The molecule has 1 aromatic carbocycles. The first-order chi connectivity index (χ1) is 8.32. The quantitative estimate of drug-likeness (QED) is 0.627. The Balaban J connectivity index is 3.19. The summed E-state index contributed by atoms with van der Waals surface area (Å²) in [6.07, 6.45) is -0.662. The molecule has 1 atom stereocenters. The van der Waals surface area contributed by atoms with Crippen molar-refractivity contribution in [2.45, 2.75) is 13.0 Å². The number of non-ortho nitro benzene ring substituents is 1. The second kappa shape index (κ2) is 5.41. The van der Waals surface area contributed by atoms with Gasteiger partial charge >= 0.3 is 0 Å². The highest BCUT2D eigenvalue weighted by Gasteiger charge is 2.22. The number of nitro benzene ring substituents is 2. The van der Waals surface area contributed by atoms with Crippen molar-refractivity contribution in [1.29, 1.82) is 0 Å². The molecule has 0 heterocycles. The second-order valence-corrected chi connectivity index (χ2v) is 3.92. The summed E-state index contributed by atoms with van der Waals surface area (Å²) in [5.74, 6) is 0. The molecular weight excluding hydrogens is 242 g/mol. The molecule has 0 radical (unpaired) electrons. The van der Waals surface area contributed by atoms with Crippen LogP contribution in [0.15, 0.2) is 18.2 Å². The number of aliphatic hydroxyl groups excluding tert-OH is 1. The van der Waals surface area contributed by atoms with Gasteiger partial charge in [-0.15, -0.1) is 0 Å². The maximum atomic E-state index is 10.9. The van der Waals surface area contributed by atoms with Crippen LogP contribution < -0.4 is 4.90 Å². The van der Waals surface area contributed by atoms with Crippen molar-refractivity contribution in [3.8, 4) is 0 Å². The topological polar surface area (TPSA) is 110 Å². The third-order valence-electron chi connectivity index (χ3n) is 2.32. The van der Waals surface area contributed by atoms with Gasteiger partial charge in [-0.2, -0.15) is 0 Å². The molecule has 8 heteroatoms. The fraction of sp³-hybridized carbons (Fsp3) is 0.400. The Morgan fingerprint density at radius 2 is 1.94 bits per heavy atom. The molecule has 0 amide bonds. The minimum atomic E-state index is -0.689. The number of nitrogens with zero attached hydrogens (tertiary/aromatic N) is 3. The predicted octanol–water partition coefficient (Wildman–Crippen LogP) is 1.32. The van der Waals surface area contributed by atoms with Crippen molar-refractivity contribution in [2.75, 3.05) is 18.5 Å². The molecule has 0 aliphatic rings. The van der Waals surface area contributed by atoms with Gasteiger partial charge in [-0.25, -0.2) is 0 Å². The summed E-state index contributed by atoms with van der Waals surface area (Å²) in [5, 5.41) is 30.7. The van der Waals surface area contributed by atoms with Crippen LogP contribution in [0.25, 0.3) is 0 Å². The van der Waals surface area contributed by atoms with E-state index in [4.69, 9.17) is 0 Å². The smallest absolute Gasteiger partial charge is 0.299 e. The Bertz CT molecular complexity index is 475. The van der Waals surface area contributed by atoms with E-state index in [0.717, 1.165) is 6.07 Å². The number of hydrogen-bond acceptors (Lipinski definition) is 6. The highest BCUT2D eigenvalue weighted by molar-refractivity contribution is 5.66. The molecule has 0 aromatic heterocycles. The van der Waals surface area contributed by atoms with E-state index in [1.165, 1.54) is 17.0 Å². The Morgan fingerprint density at radius 3 is 2.39 bits per heavy atom. The van der Waals surface area contributed by atoms with Gasteiger partial charge in [-0.3, -0.25) is 20.2 Å². The molecule has 0 aliphatic carbocycles. The van der Waals surface area contributed by atoms with E-state index >= 15 is 0 Å². The first kappa shape index (κ1) is 13.8. The standard InChI is InChI=1S/C10H13N3O5/c1-7(14)6-11(2)9-4-3-8(12(15)16)5-10(9)13(17)18/h3-5,7,14H,6H2,1-2H3. The molecule has 8 nitrogen and oxygen atoms in total. The van der Waals surface area contributed by atoms with Gasteiger partial charge in [0.1, 0.15) is 5.69 Å². The molecule has 0 aliphatic heterocycles. The maximum Gasteiger partial charge on any atom is 0.299 e. The van der Waals surface area contributed by atoms with Crippen LogP contribution in [0.4, 0.5) is 17.1 Å². The molecule has 98 valence electrons. The maximum absolute atomic E-state index is 10.9. The zero-order valence-corrected chi connectivity index (χ0v) is 9.94. The van der Waals surface area contributed by atoms with Crippen LogP contribution in [0.2, 0.25) is 0 Å². The summed E-state index contributed by atoms with van der Waals surface area (Å²) in [6.45, 7) is 1.74. The van der Waals surface area contributed by atoms with Crippen molar-refractivity contribution in [3.05, 3.63) is 38.4 Å². The molecule has 0 saturated heterocycles. The number of anilines is 1. The van der Waals surface area contributed by atoms with Gasteiger partial charge in [0, 0.05) is 19.7 Å². The van der Waals surface area contributed by atoms with Crippen molar-refractivity contribution >= 4 is 17.1 Å². The van der Waals surface area contributed by atoms with Crippen LogP contribution in [0.1, 0.15) is 6.92 Å². The number of hydrogen-bond donors (Lipinski definition) is 1. The summed E-state index contributed by atoms with van der Waals surface area (Å²) in [7, 11) is 1.57. The minimum absolute atomic E-state index is 0.193. The number of aliphatic hydroxyl groups is 1. The summed E-state index contributed by atoms with van der Waals surface area (Å²) in [5.41, 5.74) is -0.463. The van der Waals surface area contributed by atoms with E-state index in [1.54, 1.807) is 14.0 Å². The van der Waals surface area contributed by atoms with E-state index in [-0.39, 0.29) is 23.6 Å². The highest BCUT2D eigenvalue weighted by atomic mass is 16.6. The Morgan fingerprint density at radius 1 is 1.33 bits per heavy atom. The Kier molecular flexibility index (Phi) is 4.16. The average Bonchev–Trinajstić information content (AvgIpc) is 2.26. The molecule has 0 fully saturated rings. The van der Waals surface area contributed by atoms with Crippen LogP contribution >= 0.6 is 0 Å². The van der Waals surface area contributed by atoms with E-state index in [2.05, 4.69) is 0 Å². The Hall–Kier alpha value is -2.22. The molecule has 1 N–H and O–H groups in total. The van der Waals surface area contributed by atoms with Gasteiger partial charge in [-0.1, -0.05) is 0 Å². The molecule has 0 spiro atoms. The lowest BCUT2D eigenvalue weighted by molar-refractivity contribution is -0.393. The third-order valence-corrected chi connectivity index (χ3v) is 2.32.